The average Bonchev–Trinajstić information content (AvgIpc) is 3.13. The van der Waals surface area contributed by atoms with E-state index in [4.69, 9.17) is 9.47 Å². The third-order valence-electron chi connectivity index (χ3n) is 4.43. The molecule has 7 nitrogen and oxygen atoms in total. The van der Waals surface area contributed by atoms with Crippen LogP contribution >= 0.6 is 0 Å². The molecule has 0 radical (unpaired) electrons. The zero-order valence-electron chi connectivity index (χ0n) is 15.0. The molecule has 1 N–H and O–H groups in total. The topological polar surface area (TPSA) is 78.3 Å². The number of nitrogens with zero attached hydrogens (tertiary/aromatic N) is 3. The highest BCUT2D eigenvalue weighted by molar-refractivity contribution is 5.95. The van der Waals surface area contributed by atoms with Gasteiger partial charge in [-0.3, -0.25) is 4.79 Å². The van der Waals surface area contributed by atoms with Gasteiger partial charge in [-0.15, -0.1) is 0 Å². The number of rotatable bonds is 4. The summed E-state index contributed by atoms with van der Waals surface area (Å²) in [5.41, 5.74) is 2.46. The van der Waals surface area contributed by atoms with Crippen LogP contribution in [-0.4, -0.2) is 33.9 Å². The number of fused-ring (bicyclic) bond motifs is 1. The molecule has 4 rings (SSSR count). The lowest BCUT2D eigenvalue weighted by Crippen LogP contribution is -2.26. The van der Waals surface area contributed by atoms with Crippen LogP contribution in [0.1, 0.15) is 35.3 Å². The van der Waals surface area contributed by atoms with Crippen molar-refractivity contribution in [2.75, 3.05) is 13.2 Å². The number of ether oxygens (including phenoxy) is 2. The van der Waals surface area contributed by atoms with Gasteiger partial charge in [0, 0.05) is 12.0 Å². The summed E-state index contributed by atoms with van der Waals surface area (Å²) < 4.78 is 13.0. The molecule has 27 heavy (non-hydrogen) atoms. The Bertz CT molecular complexity index is 923. The van der Waals surface area contributed by atoms with Crippen LogP contribution in [0.2, 0.25) is 0 Å². The van der Waals surface area contributed by atoms with Crippen molar-refractivity contribution in [2.24, 2.45) is 0 Å². The third kappa shape index (κ3) is 3.76. The largest absolute Gasteiger partial charge is 0.490 e. The molecule has 7 heteroatoms. The number of benzene rings is 2. The van der Waals surface area contributed by atoms with E-state index in [0.717, 1.165) is 17.7 Å². The van der Waals surface area contributed by atoms with Crippen LogP contribution in [-0.2, 0) is 0 Å². The minimum Gasteiger partial charge on any atom is -0.490 e. The number of nitrogens with one attached hydrogen (secondary N) is 1. The molecule has 2 aromatic carbocycles. The van der Waals surface area contributed by atoms with Crippen molar-refractivity contribution in [3.63, 3.8) is 0 Å². The molecule has 0 saturated heterocycles. The quantitative estimate of drug-likeness (QED) is 0.770. The molecule has 0 spiro atoms. The van der Waals surface area contributed by atoms with Crippen LogP contribution in [0.4, 0.5) is 0 Å². The predicted molar refractivity (Wildman–Crippen MR) is 99.3 cm³/mol. The number of carbonyl (C=O) groups is 1. The predicted octanol–water partition coefficient (Wildman–Crippen LogP) is 2.92. The Morgan fingerprint density at radius 2 is 1.89 bits per heavy atom. The van der Waals surface area contributed by atoms with E-state index in [1.54, 1.807) is 29.2 Å². The van der Waals surface area contributed by atoms with Gasteiger partial charge in [-0.25, -0.2) is 9.67 Å². The van der Waals surface area contributed by atoms with Gasteiger partial charge in [0.05, 0.1) is 24.9 Å². The maximum absolute atomic E-state index is 12.6. The molecular formula is C20H20N4O3. The summed E-state index contributed by atoms with van der Waals surface area (Å²) in [6.07, 6.45) is 3.97. The van der Waals surface area contributed by atoms with Crippen molar-refractivity contribution in [3.8, 4) is 17.2 Å². The lowest BCUT2D eigenvalue weighted by molar-refractivity contribution is 0.0939. The normalized spacial score (nSPS) is 14.3. The zero-order chi connectivity index (χ0) is 18.6. The van der Waals surface area contributed by atoms with Crippen LogP contribution in [0.5, 0.6) is 11.5 Å². The first-order valence-corrected chi connectivity index (χ1v) is 8.86. The molecule has 0 aliphatic carbocycles. The Kier molecular flexibility index (Phi) is 4.74. The summed E-state index contributed by atoms with van der Waals surface area (Å²) in [6.45, 7) is 3.16. The molecule has 1 aliphatic rings. The van der Waals surface area contributed by atoms with Gasteiger partial charge in [0.15, 0.2) is 11.5 Å². The molecule has 1 aromatic heterocycles. The number of hydrogen-bond acceptors (Lipinski definition) is 5. The van der Waals surface area contributed by atoms with E-state index in [-0.39, 0.29) is 11.9 Å². The first-order chi connectivity index (χ1) is 13.2. The molecular weight excluding hydrogens is 344 g/mol. The highest BCUT2D eigenvalue weighted by Gasteiger charge is 2.16. The Morgan fingerprint density at radius 1 is 1.11 bits per heavy atom. The molecule has 3 aromatic rings. The molecule has 0 bridgehead atoms. The molecule has 0 fully saturated rings. The Morgan fingerprint density at radius 3 is 2.63 bits per heavy atom. The van der Waals surface area contributed by atoms with Crippen LogP contribution in [0, 0.1) is 0 Å². The highest BCUT2D eigenvalue weighted by atomic mass is 16.5. The molecule has 1 aliphatic heterocycles. The van der Waals surface area contributed by atoms with Crippen molar-refractivity contribution in [1.29, 1.82) is 0 Å². The van der Waals surface area contributed by atoms with Gasteiger partial charge in [-0.05, 0) is 42.8 Å². The Labute approximate surface area is 156 Å². The van der Waals surface area contributed by atoms with Gasteiger partial charge in [0.2, 0.25) is 0 Å². The fourth-order valence-corrected chi connectivity index (χ4v) is 2.93. The summed E-state index contributed by atoms with van der Waals surface area (Å²) in [7, 11) is 0. The number of hydrogen-bond donors (Lipinski definition) is 1. The van der Waals surface area contributed by atoms with Crippen LogP contribution in [0.3, 0.4) is 0 Å². The second-order valence-corrected chi connectivity index (χ2v) is 6.34. The zero-order valence-corrected chi connectivity index (χ0v) is 15.0. The Balaban J connectivity index is 1.45. The molecule has 138 valence electrons. The van der Waals surface area contributed by atoms with Crippen molar-refractivity contribution in [2.45, 2.75) is 19.4 Å². The van der Waals surface area contributed by atoms with Crippen molar-refractivity contribution >= 4 is 5.91 Å². The number of aromatic nitrogens is 3. The first kappa shape index (κ1) is 17.1. The molecule has 1 atom stereocenters. The van der Waals surface area contributed by atoms with Crippen molar-refractivity contribution in [1.82, 2.24) is 20.1 Å². The minimum absolute atomic E-state index is 0.140. The van der Waals surface area contributed by atoms with Crippen LogP contribution < -0.4 is 14.8 Å². The van der Waals surface area contributed by atoms with E-state index in [1.807, 2.05) is 31.2 Å². The van der Waals surface area contributed by atoms with Gasteiger partial charge in [0.25, 0.3) is 5.91 Å². The van der Waals surface area contributed by atoms with Gasteiger partial charge < -0.3 is 14.8 Å². The van der Waals surface area contributed by atoms with E-state index in [9.17, 15) is 4.79 Å². The maximum Gasteiger partial charge on any atom is 0.251 e. The third-order valence-corrected chi connectivity index (χ3v) is 4.43. The summed E-state index contributed by atoms with van der Waals surface area (Å²) in [5, 5.41) is 7.12. The molecule has 2 heterocycles. The van der Waals surface area contributed by atoms with E-state index >= 15 is 0 Å². The second kappa shape index (κ2) is 7.49. The van der Waals surface area contributed by atoms with Gasteiger partial charge in [-0.1, -0.05) is 12.1 Å². The number of carbonyl (C=O) groups excluding carboxylic acids is 1. The smallest absolute Gasteiger partial charge is 0.251 e. The fourth-order valence-electron chi connectivity index (χ4n) is 2.93. The van der Waals surface area contributed by atoms with Gasteiger partial charge in [-0.2, -0.15) is 5.10 Å². The van der Waals surface area contributed by atoms with E-state index < -0.39 is 0 Å². The van der Waals surface area contributed by atoms with Crippen LogP contribution in [0.15, 0.2) is 55.1 Å². The van der Waals surface area contributed by atoms with E-state index in [1.165, 1.54) is 6.33 Å². The van der Waals surface area contributed by atoms with E-state index in [0.29, 0.717) is 30.3 Å². The lowest BCUT2D eigenvalue weighted by atomic mass is 10.1. The average molecular weight is 364 g/mol. The van der Waals surface area contributed by atoms with E-state index in [2.05, 4.69) is 15.4 Å². The molecule has 1 amide bonds. The second-order valence-electron chi connectivity index (χ2n) is 6.34. The van der Waals surface area contributed by atoms with Crippen molar-refractivity contribution in [3.05, 3.63) is 66.2 Å². The number of amides is 1. The monoisotopic (exact) mass is 364 g/mol. The summed E-state index contributed by atoms with van der Waals surface area (Å²) in [5.74, 6) is 1.14. The lowest BCUT2D eigenvalue weighted by Gasteiger charge is -2.16. The van der Waals surface area contributed by atoms with Gasteiger partial charge in [0.1, 0.15) is 12.7 Å². The van der Waals surface area contributed by atoms with Crippen LogP contribution in [0.25, 0.3) is 5.69 Å². The highest BCUT2D eigenvalue weighted by Crippen LogP contribution is 2.30. The van der Waals surface area contributed by atoms with Gasteiger partial charge >= 0.3 is 0 Å². The molecule has 0 saturated carbocycles. The SMILES string of the molecule is CC(NC(=O)c1ccc2c(c1)OCCCO2)c1ccc(-n2cncn2)cc1. The maximum atomic E-state index is 12.6. The summed E-state index contributed by atoms with van der Waals surface area (Å²) in [6, 6.07) is 13.0. The summed E-state index contributed by atoms with van der Waals surface area (Å²) in [4.78, 5) is 16.6. The Hall–Kier alpha value is -3.35. The minimum atomic E-state index is -0.154. The first-order valence-electron chi connectivity index (χ1n) is 8.86. The summed E-state index contributed by atoms with van der Waals surface area (Å²) >= 11 is 0. The fraction of sp³-hybridized carbons (Fsp3) is 0.250. The standard InChI is InChI=1S/C20H20N4O3/c1-14(15-3-6-17(7-4-15)24-13-21-12-22-24)23-20(25)16-5-8-18-19(11-16)27-10-2-9-26-18/h3-8,11-14H,2,9-10H2,1H3,(H,23,25). The van der Waals surface area contributed by atoms with Crippen molar-refractivity contribution < 1.29 is 14.3 Å². The molecule has 1 unspecified atom stereocenters.